The van der Waals surface area contributed by atoms with Crippen molar-refractivity contribution in [3.05, 3.63) is 77.0 Å². The third-order valence-corrected chi connectivity index (χ3v) is 3.99. The van der Waals surface area contributed by atoms with E-state index in [0.717, 1.165) is 16.7 Å². The lowest BCUT2D eigenvalue weighted by molar-refractivity contribution is -0.119. The van der Waals surface area contributed by atoms with E-state index in [9.17, 15) is 14.4 Å². The summed E-state index contributed by atoms with van der Waals surface area (Å²) in [6.07, 6.45) is 0.623. The summed E-state index contributed by atoms with van der Waals surface area (Å²) in [7, 11) is 0. The van der Waals surface area contributed by atoms with Crippen LogP contribution in [0.25, 0.3) is 11.3 Å². The Morgan fingerprint density at radius 2 is 1.68 bits per heavy atom. The molecule has 6 heteroatoms. The van der Waals surface area contributed by atoms with Gasteiger partial charge in [0, 0.05) is 11.3 Å². The Labute approximate surface area is 162 Å². The number of furan rings is 1. The van der Waals surface area contributed by atoms with E-state index in [4.69, 9.17) is 9.15 Å². The van der Waals surface area contributed by atoms with Crippen LogP contribution in [0.4, 0.5) is 5.69 Å². The fourth-order valence-electron chi connectivity index (χ4n) is 2.80. The molecule has 2 aromatic carbocycles. The van der Waals surface area contributed by atoms with Crippen LogP contribution in [0, 0.1) is 13.8 Å². The molecule has 1 heterocycles. The molecule has 0 aliphatic rings. The fourth-order valence-corrected chi connectivity index (χ4v) is 2.80. The summed E-state index contributed by atoms with van der Waals surface area (Å²) in [6.45, 7) is 3.50. The minimum Gasteiger partial charge on any atom is -0.453 e. The number of benzene rings is 2. The molecular formula is C22H19NO5. The first-order valence-corrected chi connectivity index (χ1v) is 8.65. The second-order valence-electron chi connectivity index (χ2n) is 6.40. The van der Waals surface area contributed by atoms with Crippen molar-refractivity contribution in [1.82, 2.24) is 0 Å². The van der Waals surface area contributed by atoms with Crippen molar-refractivity contribution in [3.63, 3.8) is 0 Å². The smallest absolute Gasteiger partial charge is 0.338 e. The van der Waals surface area contributed by atoms with E-state index >= 15 is 0 Å². The maximum atomic E-state index is 12.1. The number of ether oxygens (including phenoxy) is 1. The van der Waals surface area contributed by atoms with Crippen LogP contribution in [0.5, 0.6) is 0 Å². The van der Waals surface area contributed by atoms with E-state index in [1.165, 1.54) is 0 Å². The first-order valence-electron chi connectivity index (χ1n) is 8.65. The highest BCUT2D eigenvalue weighted by Crippen LogP contribution is 2.22. The monoisotopic (exact) mass is 377 g/mol. The number of esters is 1. The largest absolute Gasteiger partial charge is 0.453 e. The second kappa shape index (κ2) is 8.35. The lowest BCUT2D eigenvalue weighted by atomic mass is 10.1. The molecule has 3 rings (SSSR count). The van der Waals surface area contributed by atoms with Crippen molar-refractivity contribution >= 4 is 23.9 Å². The van der Waals surface area contributed by atoms with E-state index in [1.54, 1.807) is 36.4 Å². The summed E-state index contributed by atoms with van der Waals surface area (Å²) in [5, 5.41) is 2.71. The molecule has 0 fully saturated rings. The first kappa shape index (κ1) is 19.1. The Balaban J connectivity index is 1.57. The van der Waals surface area contributed by atoms with Gasteiger partial charge in [0.1, 0.15) is 5.76 Å². The van der Waals surface area contributed by atoms with Gasteiger partial charge in [-0.15, -0.1) is 0 Å². The lowest BCUT2D eigenvalue weighted by Crippen LogP contribution is -2.21. The minimum atomic E-state index is -0.602. The Morgan fingerprint density at radius 3 is 2.29 bits per heavy atom. The zero-order valence-corrected chi connectivity index (χ0v) is 15.5. The summed E-state index contributed by atoms with van der Waals surface area (Å²) in [5.41, 5.74) is 3.76. The quantitative estimate of drug-likeness (QED) is 0.515. The zero-order chi connectivity index (χ0) is 20.1. The number of carbonyl (C=O) groups excluding carboxylic acids is 3. The summed E-state index contributed by atoms with van der Waals surface area (Å²) in [6, 6.07) is 15.4. The molecule has 1 N–H and O–H groups in total. The van der Waals surface area contributed by atoms with Crippen LogP contribution in [0.3, 0.4) is 0 Å². The molecule has 142 valence electrons. The number of anilines is 1. The van der Waals surface area contributed by atoms with E-state index in [2.05, 4.69) is 5.32 Å². The van der Waals surface area contributed by atoms with Crippen molar-refractivity contribution in [2.24, 2.45) is 0 Å². The first-order chi connectivity index (χ1) is 13.4. The van der Waals surface area contributed by atoms with Crippen LogP contribution in [-0.2, 0) is 9.53 Å². The minimum absolute atomic E-state index is 0.230. The van der Waals surface area contributed by atoms with Crippen LogP contribution in [-0.4, -0.2) is 24.8 Å². The zero-order valence-electron chi connectivity index (χ0n) is 15.5. The molecule has 0 bridgehead atoms. The van der Waals surface area contributed by atoms with Gasteiger partial charge in [-0.05, 0) is 61.4 Å². The molecule has 0 saturated heterocycles. The third kappa shape index (κ3) is 4.73. The van der Waals surface area contributed by atoms with Crippen LogP contribution >= 0.6 is 0 Å². The number of hydrogen-bond donors (Lipinski definition) is 1. The van der Waals surface area contributed by atoms with E-state index in [0.29, 0.717) is 23.3 Å². The average Bonchev–Trinajstić information content (AvgIpc) is 3.14. The van der Waals surface area contributed by atoms with Gasteiger partial charge in [-0.2, -0.15) is 0 Å². The molecule has 0 aliphatic heterocycles. The van der Waals surface area contributed by atoms with Crippen molar-refractivity contribution in [3.8, 4) is 11.3 Å². The number of rotatable bonds is 6. The predicted octanol–water partition coefficient (Wildman–Crippen LogP) is 4.17. The average molecular weight is 377 g/mol. The molecule has 0 radical (unpaired) electrons. The van der Waals surface area contributed by atoms with Crippen molar-refractivity contribution < 1.29 is 23.5 Å². The number of nitrogens with one attached hydrogen (secondary N) is 1. The van der Waals surface area contributed by atoms with Gasteiger partial charge >= 0.3 is 5.97 Å². The van der Waals surface area contributed by atoms with Crippen LogP contribution in [0.15, 0.2) is 59.0 Å². The summed E-state index contributed by atoms with van der Waals surface area (Å²) < 4.78 is 10.4. The third-order valence-electron chi connectivity index (χ3n) is 3.99. The standard InChI is InChI=1S/C22H19NO5/c1-14-9-15(2)11-18(10-14)23-21(25)13-27-22(26)17-5-3-16(4-6-17)20-8-7-19(12-24)28-20/h3-12H,13H2,1-2H3,(H,23,25). The van der Waals surface area contributed by atoms with Gasteiger partial charge in [0.25, 0.3) is 5.91 Å². The molecule has 28 heavy (non-hydrogen) atoms. The highest BCUT2D eigenvalue weighted by molar-refractivity contribution is 5.95. The molecule has 0 aliphatic carbocycles. The molecular weight excluding hydrogens is 358 g/mol. The molecule has 0 saturated carbocycles. The van der Waals surface area contributed by atoms with E-state index < -0.39 is 11.9 Å². The molecule has 1 aromatic heterocycles. The van der Waals surface area contributed by atoms with E-state index in [-0.39, 0.29) is 12.4 Å². The number of carbonyl (C=O) groups is 3. The maximum absolute atomic E-state index is 12.1. The molecule has 0 unspecified atom stereocenters. The van der Waals surface area contributed by atoms with Crippen LogP contribution < -0.4 is 5.32 Å². The van der Waals surface area contributed by atoms with Crippen molar-refractivity contribution in [2.75, 3.05) is 11.9 Å². The van der Waals surface area contributed by atoms with Gasteiger partial charge < -0.3 is 14.5 Å². The van der Waals surface area contributed by atoms with Gasteiger partial charge in [0.2, 0.25) is 0 Å². The number of aryl methyl sites for hydroxylation is 2. The Morgan fingerprint density at radius 1 is 1.00 bits per heavy atom. The number of hydrogen-bond acceptors (Lipinski definition) is 5. The Kier molecular flexibility index (Phi) is 5.69. The molecule has 6 nitrogen and oxygen atoms in total. The topological polar surface area (TPSA) is 85.6 Å². The Bertz CT molecular complexity index is 997. The van der Waals surface area contributed by atoms with Gasteiger partial charge in [0.05, 0.1) is 5.56 Å². The highest BCUT2D eigenvalue weighted by Gasteiger charge is 2.12. The van der Waals surface area contributed by atoms with Crippen molar-refractivity contribution in [1.29, 1.82) is 0 Å². The van der Waals surface area contributed by atoms with Crippen LogP contribution in [0.1, 0.15) is 32.0 Å². The SMILES string of the molecule is Cc1cc(C)cc(NC(=O)COC(=O)c2ccc(-c3ccc(C=O)o3)cc2)c1. The molecule has 0 spiro atoms. The van der Waals surface area contributed by atoms with Gasteiger partial charge in [-0.3, -0.25) is 9.59 Å². The lowest BCUT2D eigenvalue weighted by Gasteiger charge is -2.08. The summed E-state index contributed by atoms with van der Waals surface area (Å²) in [4.78, 5) is 34.8. The fraction of sp³-hybridized carbons (Fsp3) is 0.136. The van der Waals surface area contributed by atoms with Gasteiger partial charge in [-0.25, -0.2) is 4.79 Å². The molecule has 0 atom stereocenters. The predicted molar refractivity (Wildman–Crippen MR) is 104 cm³/mol. The highest BCUT2D eigenvalue weighted by atomic mass is 16.5. The van der Waals surface area contributed by atoms with E-state index in [1.807, 2.05) is 32.0 Å². The summed E-state index contributed by atoms with van der Waals surface area (Å²) >= 11 is 0. The maximum Gasteiger partial charge on any atom is 0.338 e. The second-order valence-corrected chi connectivity index (χ2v) is 6.40. The molecule has 3 aromatic rings. The van der Waals surface area contributed by atoms with Gasteiger partial charge in [0.15, 0.2) is 18.7 Å². The molecule has 1 amide bonds. The van der Waals surface area contributed by atoms with Gasteiger partial charge in [-0.1, -0.05) is 18.2 Å². The summed E-state index contributed by atoms with van der Waals surface area (Å²) in [5.74, 6) is -0.259. The Hall–Kier alpha value is -3.67. The number of amides is 1. The number of aldehydes is 1. The normalized spacial score (nSPS) is 10.4. The van der Waals surface area contributed by atoms with Crippen molar-refractivity contribution in [2.45, 2.75) is 13.8 Å². The van der Waals surface area contributed by atoms with Crippen LogP contribution in [0.2, 0.25) is 0 Å².